The van der Waals surface area contributed by atoms with Crippen LogP contribution in [0.1, 0.15) is 11.6 Å². The van der Waals surface area contributed by atoms with Crippen LogP contribution < -0.4 is 20.1 Å². The van der Waals surface area contributed by atoms with E-state index in [1.54, 1.807) is 6.08 Å². The van der Waals surface area contributed by atoms with Gasteiger partial charge in [-0.05, 0) is 19.2 Å². The van der Waals surface area contributed by atoms with Crippen molar-refractivity contribution in [2.45, 2.75) is 6.04 Å². The van der Waals surface area contributed by atoms with Crippen molar-refractivity contribution in [1.29, 1.82) is 0 Å². The Labute approximate surface area is 112 Å². The molecule has 1 aromatic rings. The van der Waals surface area contributed by atoms with Gasteiger partial charge in [-0.3, -0.25) is 4.79 Å². The number of amides is 1. The summed E-state index contributed by atoms with van der Waals surface area (Å²) < 4.78 is 11.0. The summed E-state index contributed by atoms with van der Waals surface area (Å²) in [7, 11) is 1.90. The molecule has 1 atom stereocenters. The molecule has 0 spiro atoms. The number of benzene rings is 1. The highest BCUT2D eigenvalue weighted by atomic mass is 16.5. The molecule has 0 aromatic heterocycles. The number of carbonyl (C=O) groups excluding carboxylic acids is 1. The molecular formula is C14H18N2O3. The SMILES string of the molecule is C=CCNC(=O)COc1ccc2c(c1)OCC2NC. The zero-order valence-corrected chi connectivity index (χ0v) is 10.9. The Bertz CT molecular complexity index is 474. The highest BCUT2D eigenvalue weighted by molar-refractivity contribution is 5.77. The van der Waals surface area contributed by atoms with Gasteiger partial charge in [0.2, 0.25) is 0 Å². The Kier molecular flexibility index (Phi) is 4.41. The van der Waals surface area contributed by atoms with E-state index in [0.717, 1.165) is 11.3 Å². The molecule has 1 aliphatic rings. The lowest BCUT2D eigenvalue weighted by molar-refractivity contribution is -0.122. The summed E-state index contributed by atoms with van der Waals surface area (Å²) in [6, 6.07) is 5.84. The first-order valence-corrected chi connectivity index (χ1v) is 6.19. The van der Waals surface area contributed by atoms with Crippen LogP contribution in [0.25, 0.3) is 0 Å². The summed E-state index contributed by atoms with van der Waals surface area (Å²) in [4.78, 5) is 11.4. The molecule has 1 aliphatic heterocycles. The molecule has 5 heteroatoms. The minimum Gasteiger partial charge on any atom is -0.491 e. The summed E-state index contributed by atoms with van der Waals surface area (Å²) in [5.41, 5.74) is 1.12. The van der Waals surface area contributed by atoms with Crippen LogP contribution in [0.2, 0.25) is 0 Å². The maximum atomic E-state index is 11.4. The molecule has 2 N–H and O–H groups in total. The third kappa shape index (κ3) is 3.26. The Balaban J connectivity index is 1.92. The molecule has 0 saturated carbocycles. The summed E-state index contributed by atoms with van der Waals surface area (Å²) in [6.07, 6.45) is 1.62. The molecule has 2 rings (SSSR count). The number of rotatable bonds is 6. The smallest absolute Gasteiger partial charge is 0.258 e. The van der Waals surface area contributed by atoms with Crippen LogP contribution in [0.15, 0.2) is 30.9 Å². The van der Waals surface area contributed by atoms with Crippen molar-refractivity contribution >= 4 is 5.91 Å². The Morgan fingerprint density at radius 1 is 1.63 bits per heavy atom. The maximum Gasteiger partial charge on any atom is 0.258 e. The third-order valence-electron chi connectivity index (χ3n) is 2.93. The van der Waals surface area contributed by atoms with E-state index >= 15 is 0 Å². The van der Waals surface area contributed by atoms with E-state index in [0.29, 0.717) is 18.9 Å². The van der Waals surface area contributed by atoms with E-state index < -0.39 is 0 Å². The quantitative estimate of drug-likeness (QED) is 0.752. The molecule has 1 aromatic carbocycles. The second-order valence-corrected chi connectivity index (χ2v) is 4.23. The summed E-state index contributed by atoms with van der Waals surface area (Å²) in [5.74, 6) is 1.27. The first-order chi connectivity index (χ1) is 9.24. The van der Waals surface area contributed by atoms with Crippen LogP contribution in [0.4, 0.5) is 0 Å². The zero-order valence-electron chi connectivity index (χ0n) is 10.9. The number of nitrogens with one attached hydrogen (secondary N) is 2. The minimum atomic E-state index is -0.172. The summed E-state index contributed by atoms with van der Waals surface area (Å²) >= 11 is 0. The fraction of sp³-hybridized carbons (Fsp3) is 0.357. The van der Waals surface area contributed by atoms with Gasteiger partial charge >= 0.3 is 0 Å². The van der Waals surface area contributed by atoms with Crippen LogP contribution in [0, 0.1) is 0 Å². The van der Waals surface area contributed by atoms with Gasteiger partial charge in [-0.1, -0.05) is 6.08 Å². The number of ether oxygens (including phenoxy) is 2. The Morgan fingerprint density at radius 2 is 2.47 bits per heavy atom. The molecular weight excluding hydrogens is 244 g/mol. The summed E-state index contributed by atoms with van der Waals surface area (Å²) in [5, 5.41) is 5.82. The van der Waals surface area contributed by atoms with Crippen LogP contribution >= 0.6 is 0 Å². The Morgan fingerprint density at radius 3 is 3.21 bits per heavy atom. The second kappa shape index (κ2) is 6.24. The van der Waals surface area contributed by atoms with Gasteiger partial charge in [0.1, 0.15) is 18.1 Å². The van der Waals surface area contributed by atoms with Crippen LogP contribution in [0.3, 0.4) is 0 Å². The molecule has 0 aliphatic carbocycles. The fourth-order valence-electron chi connectivity index (χ4n) is 1.90. The van der Waals surface area contributed by atoms with E-state index in [4.69, 9.17) is 9.47 Å². The largest absolute Gasteiger partial charge is 0.491 e. The fourth-order valence-corrected chi connectivity index (χ4v) is 1.90. The van der Waals surface area contributed by atoms with Crippen molar-refractivity contribution in [1.82, 2.24) is 10.6 Å². The standard InChI is InChI=1S/C14H18N2O3/c1-3-6-16-14(17)9-18-10-4-5-11-12(15-2)8-19-13(11)7-10/h3-5,7,12,15H,1,6,8-9H2,2H3,(H,16,17). The van der Waals surface area contributed by atoms with E-state index in [1.807, 2.05) is 25.2 Å². The van der Waals surface area contributed by atoms with Gasteiger partial charge in [-0.25, -0.2) is 0 Å². The molecule has 5 nitrogen and oxygen atoms in total. The number of likely N-dealkylation sites (N-methyl/N-ethyl adjacent to an activating group) is 1. The van der Waals surface area contributed by atoms with E-state index in [1.165, 1.54) is 0 Å². The predicted octanol–water partition coefficient (Wildman–Crippen LogP) is 1.02. The molecule has 0 radical (unpaired) electrons. The van der Waals surface area contributed by atoms with Gasteiger partial charge in [0.15, 0.2) is 6.61 Å². The van der Waals surface area contributed by atoms with Crippen molar-refractivity contribution in [3.63, 3.8) is 0 Å². The number of hydrogen-bond donors (Lipinski definition) is 2. The second-order valence-electron chi connectivity index (χ2n) is 4.23. The van der Waals surface area contributed by atoms with E-state index in [-0.39, 0.29) is 18.6 Å². The molecule has 0 bridgehead atoms. The van der Waals surface area contributed by atoms with Crippen LogP contribution in [-0.4, -0.2) is 32.7 Å². The molecule has 1 unspecified atom stereocenters. The van der Waals surface area contributed by atoms with Crippen LogP contribution in [-0.2, 0) is 4.79 Å². The van der Waals surface area contributed by atoms with Gasteiger partial charge < -0.3 is 20.1 Å². The topological polar surface area (TPSA) is 59.6 Å². The van der Waals surface area contributed by atoms with Crippen molar-refractivity contribution in [2.24, 2.45) is 0 Å². The third-order valence-corrected chi connectivity index (χ3v) is 2.93. The van der Waals surface area contributed by atoms with Crippen molar-refractivity contribution in [2.75, 3.05) is 26.8 Å². The lowest BCUT2D eigenvalue weighted by atomic mass is 10.1. The molecule has 1 heterocycles. The van der Waals surface area contributed by atoms with Crippen molar-refractivity contribution < 1.29 is 14.3 Å². The highest BCUT2D eigenvalue weighted by Crippen LogP contribution is 2.34. The molecule has 19 heavy (non-hydrogen) atoms. The molecule has 0 fully saturated rings. The monoisotopic (exact) mass is 262 g/mol. The lowest BCUT2D eigenvalue weighted by Crippen LogP contribution is -2.28. The van der Waals surface area contributed by atoms with Gasteiger partial charge in [0, 0.05) is 18.2 Å². The lowest BCUT2D eigenvalue weighted by Gasteiger charge is -2.09. The predicted molar refractivity (Wildman–Crippen MR) is 72.4 cm³/mol. The van der Waals surface area contributed by atoms with E-state index in [9.17, 15) is 4.79 Å². The molecule has 102 valence electrons. The average molecular weight is 262 g/mol. The Hall–Kier alpha value is -2.01. The average Bonchev–Trinajstić information content (AvgIpc) is 2.85. The van der Waals surface area contributed by atoms with Gasteiger partial charge in [0.25, 0.3) is 5.91 Å². The summed E-state index contributed by atoms with van der Waals surface area (Å²) in [6.45, 7) is 4.58. The number of hydrogen-bond acceptors (Lipinski definition) is 4. The zero-order chi connectivity index (χ0) is 13.7. The minimum absolute atomic E-state index is 0.0118. The highest BCUT2D eigenvalue weighted by Gasteiger charge is 2.22. The normalized spacial score (nSPS) is 16.4. The van der Waals surface area contributed by atoms with Crippen LogP contribution in [0.5, 0.6) is 11.5 Å². The maximum absolute atomic E-state index is 11.4. The van der Waals surface area contributed by atoms with Crippen molar-refractivity contribution in [3.8, 4) is 11.5 Å². The molecule has 0 saturated heterocycles. The van der Waals surface area contributed by atoms with Crippen molar-refractivity contribution in [3.05, 3.63) is 36.4 Å². The van der Waals surface area contributed by atoms with Gasteiger partial charge in [0.05, 0.1) is 6.04 Å². The first-order valence-electron chi connectivity index (χ1n) is 6.19. The van der Waals surface area contributed by atoms with Gasteiger partial charge in [-0.15, -0.1) is 6.58 Å². The molecule has 1 amide bonds. The number of fused-ring (bicyclic) bond motifs is 1. The van der Waals surface area contributed by atoms with E-state index in [2.05, 4.69) is 17.2 Å². The van der Waals surface area contributed by atoms with Gasteiger partial charge in [-0.2, -0.15) is 0 Å². The number of carbonyl (C=O) groups is 1. The first kappa shape index (κ1) is 13.4.